The molecular formula is C12H18BrNO2. The zero-order chi connectivity index (χ0) is 11.4. The first-order chi connectivity index (χ1) is 7.81. The van der Waals surface area contributed by atoms with Gasteiger partial charge in [-0.25, -0.2) is 0 Å². The fourth-order valence-electron chi connectivity index (χ4n) is 2.08. The average molecular weight is 288 g/mol. The first-order valence-corrected chi connectivity index (χ1v) is 6.70. The molecule has 1 fully saturated rings. The molecule has 1 aromatic heterocycles. The third-order valence-corrected chi connectivity index (χ3v) is 3.28. The van der Waals surface area contributed by atoms with Crippen molar-refractivity contribution in [2.45, 2.75) is 38.3 Å². The van der Waals surface area contributed by atoms with Crippen LogP contribution < -0.4 is 5.32 Å². The highest BCUT2D eigenvalue weighted by atomic mass is 79.9. The van der Waals surface area contributed by atoms with Crippen LogP contribution in [0.25, 0.3) is 0 Å². The monoisotopic (exact) mass is 287 g/mol. The van der Waals surface area contributed by atoms with E-state index in [0.29, 0.717) is 0 Å². The van der Waals surface area contributed by atoms with Gasteiger partial charge in [0.25, 0.3) is 0 Å². The van der Waals surface area contributed by atoms with Crippen molar-refractivity contribution in [2.24, 2.45) is 0 Å². The van der Waals surface area contributed by atoms with Gasteiger partial charge in [-0.15, -0.1) is 0 Å². The molecular weight excluding hydrogens is 270 g/mol. The van der Waals surface area contributed by atoms with Crippen LogP contribution in [0.2, 0.25) is 0 Å². The Labute approximate surface area is 105 Å². The largest absolute Gasteiger partial charge is 0.453 e. The molecule has 0 bridgehead atoms. The van der Waals surface area contributed by atoms with Gasteiger partial charge in [0.1, 0.15) is 5.76 Å². The molecule has 2 rings (SSSR count). The third kappa shape index (κ3) is 2.87. The molecule has 1 N–H and O–H groups in total. The highest BCUT2D eigenvalue weighted by Gasteiger charge is 2.28. The molecule has 0 aromatic carbocycles. The normalized spacial score (nSPS) is 22.5. The lowest BCUT2D eigenvalue weighted by atomic mass is 10.1. The number of hydrogen-bond donors (Lipinski definition) is 1. The number of nitrogens with one attached hydrogen (secondary N) is 1. The van der Waals surface area contributed by atoms with Gasteiger partial charge in [-0.2, -0.15) is 0 Å². The van der Waals surface area contributed by atoms with Gasteiger partial charge in [0.05, 0.1) is 12.1 Å². The van der Waals surface area contributed by atoms with Crippen LogP contribution in [0, 0.1) is 0 Å². The maximum Gasteiger partial charge on any atom is 0.169 e. The van der Waals surface area contributed by atoms with E-state index in [-0.39, 0.29) is 12.1 Å². The zero-order valence-corrected chi connectivity index (χ0v) is 11.1. The maximum atomic E-state index is 5.74. The Morgan fingerprint density at radius 1 is 1.56 bits per heavy atom. The second-order valence-corrected chi connectivity index (χ2v) is 4.91. The van der Waals surface area contributed by atoms with E-state index in [1.165, 1.54) is 0 Å². The second-order valence-electron chi connectivity index (χ2n) is 4.13. The lowest BCUT2D eigenvalue weighted by Crippen LogP contribution is -2.31. The first kappa shape index (κ1) is 12.1. The van der Waals surface area contributed by atoms with E-state index in [1.54, 1.807) is 0 Å². The van der Waals surface area contributed by atoms with E-state index in [9.17, 15) is 0 Å². The van der Waals surface area contributed by atoms with Gasteiger partial charge in [0.15, 0.2) is 4.67 Å². The number of ether oxygens (including phenoxy) is 1. The van der Waals surface area contributed by atoms with Gasteiger partial charge in [-0.3, -0.25) is 0 Å². The highest BCUT2D eigenvalue weighted by molar-refractivity contribution is 9.10. The fraction of sp³-hybridized carbons (Fsp3) is 0.667. The van der Waals surface area contributed by atoms with Crippen LogP contribution in [0.4, 0.5) is 0 Å². The van der Waals surface area contributed by atoms with Gasteiger partial charge in [-0.05, 0) is 53.9 Å². The Hall–Kier alpha value is -0.320. The van der Waals surface area contributed by atoms with Crippen LogP contribution >= 0.6 is 15.9 Å². The van der Waals surface area contributed by atoms with Gasteiger partial charge in [0, 0.05) is 6.61 Å². The summed E-state index contributed by atoms with van der Waals surface area (Å²) in [6.45, 7) is 4.03. The van der Waals surface area contributed by atoms with Gasteiger partial charge in [0.2, 0.25) is 0 Å². The summed E-state index contributed by atoms with van der Waals surface area (Å²) in [5.41, 5.74) is 0. The van der Waals surface area contributed by atoms with Crippen molar-refractivity contribution in [1.82, 2.24) is 5.32 Å². The number of furan rings is 1. The topological polar surface area (TPSA) is 34.4 Å². The number of halogens is 1. The summed E-state index contributed by atoms with van der Waals surface area (Å²) in [5, 5.41) is 3.50. The van der Waals surface area contributed by atoms with Crippen molar-refractivity contribution >= 4 is 15.9 Å². The lowest BCUT2D eigenvalue weighted by Gasteiger charge is -2.22. The second kappa shape index (κ2) is 5.84. The lowest BCUT2D eigenvalue weighted by molar-refractivity contribution is 0.0709. The number of rotatable bonds is 5. The minimum absolute atomic E-state index is 0.189. The van der Waals surface area contributed by atoms with Crippen LogP contribution in [0.3, 0.4) is 0 Å². The van der Waals surface area contributed by atoms with E-state index in [2.05, 4.69) is 28.2 Å². The van der Waals surface area contributed by atoms with Gasteiger partial charge in [-0.1, -0.05) is 6.92 Å². The van der Waals surface area contributed by atoms with Crippen LogP contribution in [0.5, 0.6) is 0 Å². The Balaban J connectivity index is 2.06. The van der Waals surface area contributed by atoms with Crippen molar-refractivity contribution in [3.8, 4) is 0 Å². The molecule has 4 heteroatoms. The summed E-state index contributed by atoms with van der Waals surface area (Å²) < 4.78 is 12.1. The summed E-state index contributed by atoms with van der Waals surface area (Å²) in [6.07, 6.45) is 3.63. The summed E-state index contributed by atoms with van der Waals surface area (Å²) in [7, 11) is 0. The third-order valence-electron chi connectivity index (χ3n) is 2.85. The molecule has 2 atom stereocenters. The minimum Gasteiger partial charge on any atom is -0.453 e. The molecule has 1 aliphatic rings. The van der Waals surface area contributed by atoms with Crippen molar-refractivity contribution in [3.63, 3.8) is 0 Å². The average Bonchev–Trinajstić information content (AvgIpc) is 2.91. The molecule has 0 saturated carbocycles. The molecule has 0 amide bonds. The molecule has 2 unspecified atom stereocenters. The van der Waals surface area contributed by atoms with Gasteiger partial charge < -0.3 is 14.5 Å². The van der Waals surface area contributed by atoms with Crippen molar-refractivity contribution < 1.29 is 9.15 Å². The highest BCUT2D eigenvalue weighted by Crippen LogP contribution is 2.29. The van der Waals surface area contributed by atoms with Crippen LogP contribution in [-0.2, 0) is 4.74 Å². The predicted molar refractivity (Wildman–Crippen MR) is 66.4 cm³/mol. The van der Waals surface area contributed by atoms with E-state index >= 15 is 0 Å². The van der Waals surface area contributed by atoms with Gasteiger partial charge >= 0.3 is 0 Å². The SMILES string of the molecule is CCCNC(c1ccc(Br)o1)C1CCCO1. The van der Waals surface area contributed by atoms with E-state index in [4.69, 9.17) is 9.15 Å². The van der Waals surface area contributed by atoms with Crippen LogP contribution in [0.15, 0.2) is 21.2 Å². The standard InChI is InChI=1S/C12H18BrNO2/c1-2-7-14-12(9-4-3-8-15-9)10-5-6-11(13)16-10/h5-6,9,12,14H,2-4,7-8H2,1H3. The Kier molecular flexibility index (Phi) is 4.44. The molecule has 1 aromatic rings. The smallest absolute Gasteiger partial charge is 0.169 e. The van der Waals surface area contributed by atoms with E-state index in [0.717, 1.165) is 42.8 Å². The predicted octanol–water partition coefficient (Wildman–Crippen LogP) is 3.26. The zero-order valence-electron chi connectivity index (χ0n) is 9.54. The maximum absolute atomic E-state index is 5.74. The van der Waals surface area contributed by atoms with Crippen LogP contribution in [0.1, 0.15) is 38.0 Å². The van der Waals surface area contributed by atoms with Crippen molar-refractivity contribution in [2.75, 3.05) is 13.2 Å². The fourth-order valence-corrected chi connectivity index (χ4v) is 2.40. The van der Waals surface area contributed by atoms with Crippen molar-refractivity contribution in [1.29, 1.82) is 0 Å². The Morgan fingerprint density at radius 3 is 3.00 bits per heavy atom. The summed E-state index contributed by atoms with van der Waals surface area (Å²) >= 11 is 3.34. The quantitative estimate of drug-likeness (QED) is 0.903. The molecule has 90 valence electrons. The van der Waals surface area contributed by atoms with Crippen molar-refractivity contribution in [3.05, 3.63) is 22.6 Å². The molecule has 2 heterocycles. The Morgan fingerprint density at radius 2 is 2.44 bits per heavy atom. The Bertz CT molecular complexity index is 321. The molecule has 16 heavy (non-hydrogen) atoms. The summed E-state index contributed by atoms with van der Waals surface area (Å²) in [6, 6.07) is 4.14. The number of hydrogen-bond acceptors (Lipinski definition) is 3. The molecule has 3 nitrogen and oxygen atoms in total. The summed E-state index contributed by atoms with van der Waals surface area (Å²) in [4.78, 5) is 0. The first-order valence-electron chi connectivity index (χ1n) is 5.91. The summed E-state index contributed by atoms with van der Waals surface area (Å²) in [5.74, 6) is 0.965. The van der Waals surface area contributed by atoms with E-state index in [1.807, 2.05) is 12.1 Å². The molecule has 1 saturated heterocycles. The minimum atomic E-state index is 0.189. The molecule has 0 radical (unpaired) electrons. The molecule has 0 spiro atoms. The van der Waals surface area contributed by atoms with E-state index < -0.39 is 0 Å². The molecule has 0 aliphatic carbocycles. The molecule has 1 aliphatic heterocycles. The van der Waals surface area contributed by atoms with Crippen LogP contribution in [-0.4, -0.2) is 19.3 Å².